The highest BCUT2D eigenvalue weighted by molar-refractivity contribution is 5.86. The molecule has 0 aliphatic carbocycles. The lowest BCUT2D eigenvalue weighted by molar-refractivity contribution is -0.125. The van der Waals surface area contributed by atoms with Gasteiger partial charge >= 0.3 is 6.09 Å². The van der Waals surface area contributed by atoms with Gasteiger partial charge in [0, 0.05) is 30.2 Å². The second kappa shape index (κ2) is 9.48. The van der Waals surface area contributed by atoms with Crippen LogP contribution in [0.1, 0.15) is 31.2 Å². The van der Waals surface area contributed by atoms with E-state index in [1.54, 1.807) is 17.0 Å². The van der Waals surface area contributed by atoms with Crippen LogP contribution in [-0.4, -0.2) is 41.0 Å². The van der Waals surface area contributed by atoms with E-state index in [1.807, 2.05) is 42.6 Å². The van der Waals surface area contributed by atoms with Gasteiger partial charge in [0.05, 0.1) is 0 Å². The predicted octanol–water partition coefficient (Wildman–Crippen LogP) is 4.27. The van der Waals surface area contributed by atoms with Gasteiger partial charge in [-0.15, -0.1) is 0 Å². The first-order chi connectivity index (χ1) is 14.7. The van der Waals surface area contributed by atoms with Gasteiger partial charge in [-0.1, -0.05) is 49.2 Å². The molecular formula is C24H27N3O3. The molecule has 3 aromatic rings. The summed E-state index contributed by atoms with van der Waals surface area (Å²) in [5, 5.41) is 4.20. The van der Waals surface area contributed by atoms with E-state index in [0.29, 0.717) is 25.3 Å². The molecule has 2 amide bonds. The standard InChI is InChI=1S/C24H27N3O3/c28-23(25-15-14-18-17-26-21-12-7-6-11-20(18)21)22-13-5-2-8-16-27(22)24(29)30-19-9-3-1-4-10-19/h1,3-4,6-7,9-12,17,22,26H,2,5,8,13-16H2,(H,25,28). The molecule has 30 heavy (non-hydrogen) atoms. The molecule has 0 spiro atoms. The Morgan fingerprint density at radius 3 is 2.70 bits per heavy atom. The lowest BCUT2D eigenvalue weighted by Crippen LogP contribution is -2.50. The van der Waals surface area contributed by atoms with Crippen LogP contribution in [0.15, 0.2) is 60.8 Å². The largest absolute Gasteiger partial charge is 0.415 e. The highest BCUT2D eigenvalue weighted by Gasteiger charge is 2.32. The van der Waals surface area contributed by atoms with E-state index in [1.165, 1.54) is 10.9 Å². The number of likely N-dealkylation sites (tertiary alicyclic amines) is 1. The summed E-state index contributed by atoms with van der Waals surface area (Å²) in [4.78, 5) is 30.5. The van der Waals surface area contributed by atoms with Crippen LogP contribution in [0.4, 0.5) is 4.79 Å². The highest BCUT2D eigenvalue weighted by Crippen LogP contribution is 2.20. The molecular weight excluding hydrogens is 378 g/mol. The minimum absolute atomic E-state index is 0.109. The number of ether oxygens (including phenoxy) is 1. The van der Waals surface area contributed by atoms with E-state index in [0.717, 1.165) is 31.2 Å². The number of carbonyl (C=O) groups is 2. The number of H-pyrrole nitrogens is 1. The maximum absolute atomic E-state index is 12.9. The van der Waals surface area contributed by atoms with E-state index >= 15 is 0 Å². The zero-order valence-corrected chi connectivity index (χ0v) is 17.0. The Morgan fingerprint density at radius 2 is 1.83 bits per heavy atom. The molecule has 1 aromatic heterocycles. The van der Waals surface area contributed by atoms with Crippen LogP contribution >= 0.6 is 0 Å². The Bertz CT molecular complexity index is 999. The maximum Gasteiger partial charge on any atom is 0.415 e. The summed E-state index contributed by atoms with van der Waals surface area (Å²) < 4.78 is 5.50. The normalized spacial score (nSPS) is 16.8. The van der Waals surface area contributed by atoms with Crippen LogP contribution in [0.5, 0.6) is 5.75 Å². The number of rotatable bonds is 5. The third kappa shape index (κ3) is 4.64. The molecule has 1 aliphatic rings. The van der Waals surface area contributed by atoms with E-state index in [4.69, 9.17) is 4.74 Å². The fraction of sp³-hybridized carbons (Fsp3) is 0.333. The van der Waals surface area contributed by atoms with Crippen molar-refractivity contribution in [1.29, 1.82) is 0 Å². The Kier molecular flexibility index (Phi) is 6.32. The third-order valence-corrected chi connectivity index (χ3v) is 5.61. The van der Waals surface area contributed by atoms with Gasteiger partial charge in [-0.3, -0.25) is 9.69 Å². The van der Waals surface area contributed by atoms with Gasteiger partial charge in [-0.2, -0.15) is 0 Å². The molecule has 2 heterocycles. The van der Waals surface area contributed by atoms with E-state index in [9.17, 15) is 9.59 Å². The van der Waals surface area contributed by atoms with Crippen LogP contribution in [0, 0.1) is 0 Å². The summed E-state index contributed by atoms with van der Waals surface area (Å²) in [5.74, 6) is 0.381. The Balaban J connectivity index is 1.38. The number of fused-ring (bicyclic) bond motifs is 1. The van der Waals surface area contributed by atoms with Crippen molar-refractivity contribution in [2.45, 2.75) is 38.1 Å². The number of hydrogen-bond donors (Lipinski definition) is 2. The number of amides is 2. The number of para-hydroxylation sites is 2. The third-order valence-electron chi connectivity index (χ3n) is 5.61. The van der Waals surface area contributed by atoms with Crippen molar-refractivity contribution in [3.63, 3.8) is 0 Å². The molecule has 1 unspecified atom stereocenters. The summed E-state index contributed by atoms with van der Waals surface area (Å²) in [5.41, 5.74) is 2.27. The predicted molar refractivity (Wildman–Crippen MR) is 116 cm³/mol. The van der Waals surface area contributed by atoms with Gasteiger partial charge in [-0.05, 0) is 43.0 Å². The van der Waals surface area contributed by atoms with Crippen LogP contribution in [0.2, 0.25) is 0 Å². The SMILES string of the molecule is O=C(NCCc1c[nH]c2ccccc12)C1CCCCCN1C(=O)Oc1ccccc1. The lowest BCUT2D eigenvalue weighted by atomic mass is 10.1. The average molecular weight is 405 g/mol. The first-order valence-corrected chi connectivity index (χ1v) is 10.6. The summed E-state index contributed by atoms with van der Waals surface area (Å²) >= 11 is 0. The molecule has 1 aliphatic heterocycles. The summed E-state index contributed by atoms with van der Waals surface area (Å²) in [6.45, 7) is 1.06. The average Bonchev–Trinajstić information content (AvgIpc) is 3.01. The van der Waals surface area contributed by atoms with Gasteiger partial charge in [0.25, 0.3) is 0 Å². The molecule has 0 saturated carbocycles. The van der Waals surface area contributed by atoms with Crippen molar-refractivity contribution >= 4 is 22.9 Å². The molecule has 1 saturated heterocycles. The van der Waals surface area contributed by atoms with Gasteiger partial charge in [0.1, 0.15) is 11.8 Å². The van der Waals surface area contributed by atoms with Crippen molar-refractivity contribution in [2.75, 3.05) is 13.1 Å². The topological polar surface area (TPSA) is 74.4 Å². The van der Waals surface area contributed by atoms with Crippen LogP contribution in [-0.2, 0) is 11.2 Å². The number of hydrogen-bond acceptors (Lipinski definition) is 3. The monoisotopic (exact) mass is 405 g/mol. The van der Waals surface area contributed by atoms with Gasteiger partial charge < -0.3 is 15.0 Å². The first-order valence-electron chi connectivity index (χ1n) is 10.6. The Hall–Kier alpha value is -3.28. The first kappa shape index (κ1) is 20.0. The molecule has 4 rings (SSSR count). The fourth-order valence-corrected chi connectivity index (χ4v) is 4.02. The molecule has 1 atom stereocenters. The lowest BCUT2D eigenvalue weighted by Gasteiger charge is -2.28. The zero-order valence-electron chi connectivity index (χ0n) is 17.0. The van der Waals surface area contributed by atoms with Gasteiger partial charge in [0.15, 0.2) is 0 Å². The minimum Gasteiger partial charge on any atom is -0.410 e. The van der Waals surface area contributed by atoms with Crippen molar-refractivity contribution in [1.82, 2.24) is 15.2 Å². The molecule has 6 nitrogen and oxygen atoms in total. The number of carbonyl (C=O) groups excluding carboxylic acids is 2. The zero-order chi connectivity index (χ0) is 20.8. The second-order valence-corrected chi connectivity index (χ2v) is 7.64. The minimum atomic E-state index is -0.494. The summed E-state index contributed by atoms with van der Waals surface area (Å²) in [6, 6.07) is 16.6. The number of aromatic nitrogens is 1. The van der Waals surface area contributed by atoms with Crippen molar-refractivity contribution in [2.24, 2.45) is 0 Å². The number of nitrogens with zero attached hydrogens (tertiary/aromatic N) is 1. The summed E-state index contributed by atoms with van der Waals surface area (Å²) in [6.07, 6.45) is 5.73. The number of aromatic amines is 1. The molecule has 2 aromatic carbocycles. The highest BCUT2D eigenvalue weighted by atomic mass is 16.6. The van der Waals surface area contributed by atoms with Gasteiger partial charge in [0.2, 0.25) is 5.91 Å². The van der Waals surface area contributed by atoms with Gasteiger partial charge in [-0.25, -0.2) is 4.79 Å². The van der Waals surface area contributed by atoms with E-state index in [-0.39, 0.29) is 5.91 Å². The Morgan fingerprint density at radius 1 is 1.03 bits per heavy atom. The second-order valence-electron chi connectivity index (χ2n) is 7.64. The molecule has 6 heteroatoms. The van der Waals surface area contributed by atoms with Crippen LogP contribution < -0.4 is 10.1 Å². The molecule has 0 bridgehead atoms. The quantitative estimate of drug-likeness (QED) is 0.666. The molecule has 2 N–H and O–H groups in total. The summed E-state index contributed by atoms with van der Waals surface area (Å²) in [7, 11) is 0. The van der Waals surface area contributed by atoms with E-state index in [2.05, 4.69) is 16.4 Å². The molecule has 0 radical (unpaired) electrons. The maximum atomic E-state index is 12.9. The van der Waals surface area contributed by atoms with Crippen molar-refractivity contribution < 1.29 is 14.3 Å². The van der Waals surface area contributed by atoms with Crippen LogP contribution in [0.3, 0.4) is 0 Å². The number of nitrogens with one attached hydrogen (secondary N) is 2. The smallest absolute Gasteiger partial charge is 0.410 e. The fourth-order valence-electron chi connectivity index (χ4n) is 4.02. The Labute approximate surface area is 176 Å². The number of benzene rings is 2. The van der Waals surface area contributed by atoms with E-state index < -0.39 is 12.1 Å². The van der Waals surface area contributed by atoms with Crippen molar-refractivity contribution in [3.8, 4) is 5.75 Å². The molecule has 1 fully saturated rings. The van der Waals surface area contributed by atoms with Crippen molar-refractivity contribution in [3.05, 3.63) is 66.4 Å². The van der Waals surface area contributed by atoms with Crippen LogP contribution in [0.25, 0.3) is 10.9 Å². The molecule has 156 valence electrons.